The SMILES string of the molecule is CN=C(NCCn1cc([N+](=O)[O-])cn1)NC1CCN(Cc2cc(OC)cc(OC)c2)C1.I. The molecule has 2 aromatic rings. The molecule has 2 heterocycles. The van der Waals surface area contributed by atoms with Gasteiger partial charge in [0.1, 0.15) is 23.9 Å². The van der Waals surface area contributed by atoms with E-state index in [1.807, 2.05) is 18.2 Å². The van der Waals surface area contributed by atoms with Crippen molar-refractivity contribution >= 4 is 35.6 Å². The first-order chi connectivity index (χ1) is 15.0. The number of nitrogens with zero attached hydrogens (tertiary/aromatic N) is 5. The molecule has 1 unspecified atom stereocenters. The number of nitro groups is 1. The van der Waals surface area contributed by atoms with Crippen molar-refractivity contribution in [3.05, 3.63) is 46.3 Å². The standard InChI is InChI=1S/C20H29N7O4.HI/c1-21-20(22-5-7-26-14-17(11-23-26)27(28)29)24-16-4-6-25(13-16)12-15-8-18(30-2)10-19(9-15)31-3;/h8-11,14,16H,4-7,12-13H2,1-3H3,(H2,21,22,24);1H. The van der Waals surface area contributed by atoms with Crippen LogP contribution in [0.15, 0.2) is 35.6 Å². The maximum atomic E-state index is 10.7. The van der Waals surface area contributed by atoms with Crippen molar-refractivity contribution in [3.8, 4) is 11.5 Å². The molecule has 0 aliphatic carbocycles. The van der Waals surface area contributed by atoms with Crippen LogP contribution in [0.2, 0.25) is 0 Å². The van der Waals surface area contributed by atoms with E-state index in [0.717, 1.165) is 43.1 Å². The molecule has 3 rings (SSSR count). The topological polar surface area (TPSA) is 119 Å². The molecule has 0 saturated carbocycles. The Morgan fingerprint density at radius 2 is 2.03 bits per heavy atom. The Hall–Kier alpha value is -2.61. The van der Waals surface area contributed by atoms with E-state index in [0.29, 0.717) is 19.0 Å². The minimum absolute atomic E-state index is 0. The van der Waals surface area contributed by atoms with Crippen LogP contribution in [0.1, 0.15) is 12.0 Å². The first kappa shape index (κ1) is 25.6. The van der Waals surface area contributed by atoms with E-state index in [9.17, 15) is 10.1 Å². The zero-order chi connectivity index (χ0) is 22.2. The van der Waals surface area contributed by atoms with E-state index in [1.165, 1.54) is 17.1 Å². The number of guanidine groups is 1. The molecule has 1 aromatic heterocycles. The van der Waals surface area contributed by atoms with Gasteiger partial charge in [-0.2, -0.15) is 5.10 Å². The van der Waals surface area contributed by atoms with Crippen LogP contribution in [0.25, 0.3) is 0 Å². The third-order valence-electron chi connectivity index (χ3n) is 5.12. The van der Waals surface area contributed by atoms with Gasteiger partial charge < -0.3 is 20.1 Å². The van der Waals surface area contributed by atoms with Crippen molar-refractivity contribution in [2.45, 2.75) is 25.6 Å². The number of methoxy groups -OCH3 is 2. The number of likely N-dealkylation sites (tertiary alicyclic amines) is 1. The van der Waals surface area contributed by atoms with E-state index >= 15 is 0 Å². The summed E-state index contributed by atoms with van der Waals surface area (Å²) in [5, 5.41) is 21.4. The molecule has 11 nitrogen and oxygen atoms in total. The lowest BCUT2D eigenvalue weighted by Crippen LogP contribution is -2.45. The number of aromatic nitrogens is 2. The molecule has 0 amide bonds. The van der Waals surface area contributed by atoms with Gasteiger partial charge in [-0.25, -0.2) is 0 Å². The summed E-state index contributed by atoms with van der Waals surface area (Å²) in [5.74, 6) is 2.28. The number of rotatable bonds is 9. The highest BCUT2D eigenvalue weighted by Gasteiger charge is 2.23. The molecule has 0 bridgehead atoms. The summed E-state index contributed by atoms with van der Waals surface area (Å²) < 4.78 is 12.3. The van der Waals surface area contributed by atoms with Crippen LogP contribution in [0.5, 0.6) is 11.5 Å². The minimum Gasteiger partial charge on any atom is -0.497 e. The largest absolute Gasteiger partial charge is 0.497 e. The maximum absolute atomic E-state index is 10.7. The molecule has 32 heavy (non-hydrogen) atoms. The first-order valence-corrected chi connectivity index (χ1v) is 10.1. The summed E-state index contributed by atoms with van der Waals surface area (Å²) in [6, 6.07) is 6.21. The predicted octanol–water partition coefficient (Wildman–Crippen LogP) is 1.87. The average molecular weight is 559 g/mol. The summed E-state index contributed by atoms with van der Waals surface area (Å²) in [4.78, 5) is 16.9. The highest BCUT2D eigenvalue weighted by atomic mass is 127. The van der Waals surface area contributed by atoms with Crippen LogP contribution >= 0.6 is 24.0 Å². The fraction of sp³-hybridized carbons (Fsp3) is 0.500. The monoisotopic (exact) mass is 559 g/mol. The molecule has 1 aliphatic heterocycles. The molecule has 2 N–H and O–H groups in total. The lowest BCUT2D eigenvalue weighted by molar-refractivity contribution is -0.385. The second-order valence-corrected chi connectivity index (χ2v) is 7.30. The van der Waals surface area contributed by atoms with Crippen LogP contribution in [0.4, 0.5) is 5.69 Å². The summed E-state index contributed by atoms with van der Waals surface area (Å²) in [6.45, 7) is 3.74. The lowest BCUT2D eigenvalue weighted by atomic mass is 10.2. The Morgan fingerprint density at radius 3 is 2.62 bits per heavy atom. The normalized spacial score (nSPS) is 16.3. The lowest BCUT2D eigenvalue weighted by Gasteiger charge is -2.19. The Bertz CT molecular complexity index is 899. The van der Waals surface area contributed by atoms with E-state index in [2.05, 4.69) is 25.6 Å². The molecule has 12 heteroatoms. The van der Waals surface area contributed by atoms with Gasteiger partial charge >= 0.3 is 5.69 Å². The summed E-state index contributed by atoms with van der Waals surface area (Å²) in [6.07, 6.45) is 3.67. The van der Waals surface area contributed by atoms with Crippen LogP contribution in [-0.4, -0.2) is 72.5 Å². The summed E-state index contributed by atoms with van der Waals surface area (Å²) in [7, 11) is 5.03. The molecule has 1 aromatic carbocycles. The van der Waals surface area contributed by atoms with Gasteiger partial charge in [0.25, 0.3) is 0 Å². The zero-order valence-corrected chi connectivity index (χ0v) is 20.8. The van der Waals surface area contributed by atoms with Crippen molar-refractivity contribution in [2.24, 2.45) is 4.99 Å². The summed E-state index contributed by atoms with van der Waals surface area (Å²) >= 11 is 0. The molecule has 1 aliphatic rings. The van der Waals surface area contributed by atoms with E-state index in [-0.39, 0.29) is 35.7 Å². The molecule has 176 valence electrons. The number of nitrogens with one attached hydrogen (secondary N) is 2. The van der Waals surface area contributed by atoms with Crippen LogP contribution in [0, 0.1) is 10.1 Å². The van der Waals surface area contributed by atoms with Gasteiger partial charge in [0, 0.05) is 45.3 Å². The third kappa shape index (κ3) is 7.22. The van der Waals surface area contributed by atoms with Crippen molar-refractivity contribution in [2.75, 3.05) is 40.9 Å². The van der Waals surface area contributed by atoms with Crippen molar-refractivity contribution < 1.29 is 14.4 Å². The van der Waals surface area contributed by atoms with Gasteiger partial charge in [-0.15, -0.1) is 24.0 Å². The van der Waals surface area contributed by atoms with Gasteiger partial charge in [-0.1, -0.05) is 0 Å². The number of benzene rings is 1. The summed E-state index contributed by atoms with van der Waals surface area (Å²) in [5.41, 5.74) is 1.13. The van der Waals surface area contributed by atoms with Gasteiger partial charge in [0.2, 0.25) is 0 Å². The predicted molar refractivity (Wildman–Crippen MR) is 132 cm³/mol. The Balaban J connectivity index is 0.00000363. The minimum atomic E-state index is -0.454. The Morgan fingerprint density at radius 1 is 1.31 bits per heavy atom. The van der Waals surface area contributed by atoms with Gasteiger partial charge in [-0.3, -0.25) is 24.7 Å². The fourth-order valence-electron chi connectivity index (χ4n) is 3.56. The van der Waals surface area contributed by atoms with E-state index in [4.69, 9.17) is 9.47 Å². The number of aliphatic imine (C=N–C) groups is 1. The Labute approximate surface area is 204 Å². The third-order valence-corrected chi connectivity index (χ3v) is 5.12. The van der Waals surface area contributed by atoms with Gasteiger partial charge in [-0.05, 0) is 24.1 Å². The second kappa shape index (κ2) is 12.4. The van der Waals surface area contributed by atoms with Crippen LogP contribution in [-0.2, 0) is 13.1 Å². The number of halogens is 1. The van der Waals surface area contributed by atoms with E-state index < -0.39 is 4.92 Å². The highest BCUT2D eigenvalue weighted by Crippen LogP contribution is 2.24. The van der Waals surface area contributed by atoms with Gasteiger partial charge in [0.05, 0.1) is 25.7 Å². The maximum Gasteiger partial charge on any atom is 0.306 e. The molecule has 0 radical (unpaired) electrons. The quantitative estimate of drug-likeness (QED) is 0.157. The number of hydrogen-bond acceptors (Lipinski definition) is 7. The number of hydrogen-bond donors (Lipinski definition) is 2. The molecular weight excluding hydrogens is 529 g/mol. The van der Waals surface area contributed by atoms with Crippen LogP contribution in [0.3, 0.4) is 0 Å². The van der Waals surface area contributed by atoms with Crippen LogP contribution < -0.4 is 20.1 Å². The zero-order valence-electron chi connectivity index (χ0n) is 18.5. The second-order valence-electron chi connectivity index (χ2n) is 7.30. The number of ether oxygens (including phenoxy) is 2. The molecule has 1 atom stereocenters. The van der Waals surface area contributed by atoms with Crippen molar-refractivity contribution in [3.63, 3.8) is 0 Å². The smallest absolute Gasteiger partial charge is 0.306 e. The van der Waals surface area contributed by atoms with Crippen molar-refractivity contribution in [1.29, 1.82) is 0 Å². The van der Waals surface area contributed by atoms with E-state index in [1.54, 1.807) is 21.3 Å². The Kier molecular flexibility index (Phi) is 9.97. The van der Waals surface area contributed by atoms with Gasteiger partial charge in [0.15, 0.2) is 5.96 Å². The molecule has 0 spiro atoms. The van der Waals surface area contributed by atoms with Crippen molar-refractivity contribution in [1.82, 2.24) is 25.3 Å². The molecular formula is C20H30IN7O4. The molecule has 1 fully saturated rings. The average Bonchev–Trinajstić information content (AvgIpc) is 3.42. The first-order valence-electron chi connectivity index (χ1n) is 10.1. The fourth-order valence-corrected chi connectivity index (χ4v) is 3.56. The highest BCUT2D eigenvalue weighted by molar-refractivity contribution is 14.0. The molecule has 1 saturated heterocycles.